The molecule has 0 aliphatic carbocycles. The van der Waals surface area contributed by atoms with E-state index in [1.165, 1.54) is 0 Å². The van der Waals surface area contributed by atoms with Gasteiger partial charge in [0.15, 0.2) is 0 Å². The van der Waals surface area contributed by atoms with Crippen molar-refractivity contribution >= 4 is 11.7 Å². The Kier molecular flexibility index (Phi) is 5.76. The van der Waals surface area contributed by atoms with Crippen LogP contribution in [0.25, 0.3) is 0 Å². The molecular formula is C19H20N2O2. The summed E-state index contributed by atoms with van der Waals surface area (Å²) >= 11 is 0. The molecule has 0 atom stereocenters. The number of rotatable bonds is 6. The van der Waals surface area contributed by atoms with E-state index in [9.17, 15) is 10.1 Å². The Bertz CT molecular complexity index is 702. The minimum absolute atomic E-state index is 0.149. The van der Waals surface area contributed by atoms with E-state index in [4.69, 9.17) is 4.74 Å². The first kappa shape index (κ1) is 16.6. The lowest BCUT2D eigenvalue weighted by Crippen LogP contribution is -2.30. The molecule has 0 unspecified atom stereocenters. The van der Waals surface area contributed by atoms with Crippen LogP contribution in [0.1, 0.15) is 23.6 Å². The molecule has 0 saturated carbocycles. The number of hydrogen-bond acceptors (Lipinski definition) is 4. The molecule has 2 rings (SSSR count). The fraction of sp³-hybridized carbons (Fsp3) is 0.263. The fourth-order valence-electron chi connectivity index (χ4n) is 2.33. The lowest BCUT2D eigenvalue weighted by molar-refractivity contribution is -0.141. The van der Waals surface area contributed by atoms with Gasteiger partial charge in [-0.05, 0) is 37.6 Å². The van der Waals surface area contributed by atoms with Gasteiger partial charge >= 0.3 is 5.97 Å². The first-order valence-corrected chi connectivity index (χ1v) is 7.59. The van der Waals surface area contributed by atoms with Gasteiger partial charge in [0, 0.05) is 12.2 Å². The summed E-state index contributed by atoms with van der Waals surface area (Å²) in [7, 11) is 0. The average molecular weight is 308 g/mol. The van der Waals surface area contributed by atoms with Crippen molar-refractivity contribution in [3.05, 3.63) is 65.2 Å². The molecule has 0 saturated heterocycles. The van der Waals surface area contributed by atoms with Gasteiger partial charge < -0.3 is 9.64 Å². The van der Waals surface area contributed by atoms with Crippen LogP contribution in [0.3, 0.4) is 0 Å². The summed E-state index contributed by atoms with van der Waals surface area (Å²) in [5, 5.41) is 9.24. The van der Waals surface area contributed by atoms with Crippen molar-refractivity contribution in [3.8, 4) is 6.07 Å². The summed E-state index contributed by atoms with van der Waals surface area (Å²) in [4.78, 5) is 13.8. The second kappa shape index (κ2) is 8.00. The third kappa shape index (κ3) is 4.58. The first-order chi connectivity index (χ1) is 11.1. The van der Waals surface area contributed by atoms with E-state index in [0.717, 1.165) is 16.8 Å². The van der Waals surface area contributed by atoms with Crippen LogP contribution in [-0.2, 0) is 16.1 Å². The predicted molar refractivity (Wildman–Crippen MR) is 90.0 cm³/mol. The highest BCUT2D eigenvalue weighted by Crippen LogP contribution is 2.19. The number of hydrogen-bond donors (Lipinski definition) is 0. The van der Waals surface area contributed by atoms with E-state index in [1.807, 2.05) is 54.3 Å². The second-order valence-electron chi connectivity index (χ2n) is 5.27. The lowest BCUT2D eigenvalue weighted by Gasteiger charge is -2.24. The zero-order valence-corrected chi connectivity index (χ0v) is 13.5. The number of esters is 1. The summed E-state index contributed by atoms with van der Waals surface area (Å²) in [6, 6.07) is 17.6. The Hall–Kier alpha value is -2.80. The zero-order valence-electron chi connectivity index (χ0n) is 13.5. The number of nitriles is 1. The van der Waals surface area contributed by atoms with Crippen molar-refractivity contribution in [2.24, 2.45) is 0 Å². The Morgan fingerprint density at radius 1 is 1.17 bits per heavy atom. The third-order valence-electron chi connectivity index (χ3n) is 3.52. The van der Waals surface area contributed by atoms with Gasteiger partial charge in [-0.3, -0.25) is 4.79 Å². The fourth-order valence-corrected chi connectivity index (χ4v) is 2.33. The molecule has 2 aromatic carbocycles. The number of ether oxygens (including phenoxy) is 1. The third-order valence-corrected chi connectivity index (χ3v) is 3.52. The van der Waals surface area contributed by atoms with Crippen molar-refractivity contribution < 1.29 is 9.53 Å². The van der Waals surface area contributed by atoms with E-state index < -0.39 is 0 Å². The smallest absolute Gasteiger partial charge is 0.325 e. The van der Waals surface area contributed by atoms with Crippen LogP contribution in [0.5, 0.6) is 0 Å². The predicted octanol–water partition coefficient (Wildman–Crippen LogP) is 3.44. The minimum Gasteiger partial charge on any atom is -0.465 e. The van der Waals surface area contributed by atoms with Crippen molar-refractivity contribution in [1.29, 1.82) is 5.26 Å². The normalized spacial score (nSPS) is 9.96. The van der Waals surface area contributed by atoms with Gasteiger partial charge in [0.1, 0.15) is 6.54 Å². The Morgan fingerprint density at radius 3 is 2.52 bits per heavy atom. The molecule has 4 nitrogen and oxygen atoms in total. The average Bonchev–Trinajstić information content (AvgIpc) is 2.55. The number of carbonyl (C=O) groups is 1. The molecule has 2 aromatic rings. The Labute approximate surface area is 136 Å². The molecule has 0 aliphatic rings. The van der Waals surface area contributed by atoms with Gasteiger partial charge in [-0.25, -0.2) is 0 Å². The van der Waals surface area contributed by atoms with Crippen LogP contribution in [0, 0.1) is 18.3 Å². The number of anilines is 1. The van der Waals surface area contributed by atoms with Gasteiger partial charge in [0.2, 0.25) is 0 Å². The summed E-state index contributed by atoms with van der Waals surface area (Å²) in [6.45, 7) is 4.79. The summed E-state index contributed by atoms with van der Waals surface area (Å²) in [6.07, 6.45) is 0. The Balaban J connectivity index is 2.27. The van der Waals surface area contributed by atoms with E-state index in [0.29, 0.717) is 18.7 Å². The monoisotopic (exact) mass is 308 g/mol. The molecule has 0 fully saturated rings. The number of nitrogens with zero attached hydrogens (tertiary/aromatic N) is 2. The van der Waals surface area contributed by atoms with Crippen molar-refractivity contribution in [2.75, 3.05) is 18.1 Å². The molecule has 4 heteroatoms. The maximum Gasteiger partial charge on any atom is 0.325 e. The van der Waals surface area contributed by atoms with Crippen LogP contribution in [-0.4, -0.2) is 19.1 Å². The van der Waals surface area contributed by atoms with Gasteiger partial charge in [0.05, 0.1) is 18.2 Å². The quantitative estimate of drug-likeness (QED) is 0.767. The van der Waals surface area contributed by atoms with E-state index >= 15 is 0 Å². The largest absolute Gasteiger partial charge is 0.465 e. The molecule has 118 valence electrons. The minimum atomic E-state index is -0.275. The van der Waals surface area contributed by atoms with Crippen LogP contribution >= 0.6 is 0 Å². The molecule has 0 heterocycles. The van der Waals surface area contributed by atoms with Gasteiger partial charge in [-0.2, -0.15) is 5.26 Å². The van der Waals surface area contributed by atoms with E-state index in [-0.39, 0.29) is 12.5 Å². The molecule has 0 aromatic heterocycles. The molecular weight excluding hydrogens is 288 g/mol. The second-order valence-corrected chi connectivity index (χ2v) is 5.27. The van der Waals surface area contributed by atoms with E-state index in [1.54, 1.807) is 13.0 Å². The molecule has 0 bridgehead atoms. The van der Waals surface area contributed by atoms with Crippen molar-refractivity contribution in [3.63, 3.8) is 0 Å². The Morgan fingerprint density at radius 2 is 1.87 bits per heavy atom. The van der Waals surface area contributed by atoms with Crippen LogP contribution < -0.4 is 4.90 Å². The summed E-state index contributed by atoms with van der Waals surface area (Å²) in [5.74, 6) is -0.275. The van der Waals surface area contributed by atoms with Gasteiger partial charge in [0.25, 0.3) is 0 Å². The molecule has 23 heavy (non-hydrogen) atoms. The van der Waals surface area contributed by atoms with Gasteiger partial charge in [-0.1, -0.05) is 35.9 Å². The maximum absolute atomic E-state index is 11.9. The van der Waals surface area contributed by atoms with Crippen LogP contribution in [0.4, 0.5) is 5.69 Å². The molecule has 0 N–H and O–H groups in total. The molecule has 0 aliphatic heterocycles. The highest BCUT2D eigenvalue weighted by molar-refractivity contribution is 5.76. The maximum atomic E-state index is 11.9. The van der Waals surface area contributed by atoms with Crippen molar-refractivity contribution in [1.82, 2.24) is 0 Å². The number of benzene rings is 2. The number of carbonyl (C=O) groups excluding carboxylic acids is 1. The molecule has 0 amide bonds. The molecule has 0 spiro atoms. The topological polar surface area (TPSA) is 53.3 Å². The highest BCUT2D eigenvalue weighted by Gasteiger charge is 2.14. The lowest BCUT2D eigenvalue weighted by atomic mass is 10.1. The SMILES string of the molecule is CCOC(=O)CN(Cc1ccccc1C#N)c1ccc(C)cc1. The van der Waals surface area contributed by atoms with Crippen LogP contribution in [0.2, 0.25) is 0 Å². The van der Waals surface area contributed by atoms with Gasteiger partial charge in [-0.15, -0.1) is 0 Å². The highest BCUT2D eigenvalue weighted by atomic mass is 16.5. The molecule has 0 radical (unpaired) electrons. The summed E-state index contributed by atoms with van der Waals surface area (Å²) < 4.78 is 5.07. The van der Waals surface area contributed by atoms with Crippen molar-refractivity contribution in [2.45, 2.75) is 20.4 Å². The van der Waals surface area contributed by atoms with E-state index in [2.05, 4.69) is 6.07 Å². The first-order valence-electron chi connectivity index (χ1n) is 7.59. The zero-order chi connectivity index (χ0) is 16.7. The van der Waals surface area contributed by atoms with Crippen LogP contribution in [0.15, 0.2) is 48.5 Å². The number of aryl methyl sites for hydroxylation is 1. The standard InChI is InChI=1S/C19H20N2O2/c1-3-23-19(22)14-21(18-10-8-15(2)9-11-18)13-17-7-5-4-6-16(17)12-20/h4-11H,3,13-14H2,1-2H3. The summed E-state index contributed by atoms with van der Waals surface area (Å²) in [5.41, 5.74) is 3.59.